The number of esters is 1. The molecular formula is C16H16N2O5. The number of amides is 2. The van der Waals surface area contributed by atoms with Gasteiger partial charge in [0.2, 0.25) is 5.91 Å². The van der Waals surface area contributed by atoms with Crippen molar-refractivity contribution in [2.45, 2.75) is 6.42 Å². The average Bonchev–Trinajstić information content (AvgIpc) is 2.57. The van der Waals surface area contributed by atoms with Gasteiger partial charge in [-0.3, -0.25) is 25.2 Å². The summed E-state index contributed by atoms with van der Waals surface area (Å²) in [7, 11) is 1.17. The Morgan fingerprint density at radius 2 is 1.65 bits per heavy atom. The van der Waals surface area contributed by atoms with Crippen LogP contribution in [0.1, 0.15) is 6.42 Å². The Morgan fingerprint density at radius 1 is 0.957 bits per heavy atom. The summed E-state index contributed by atoms with van der Waals surface area (Å²) in [5, 5.41) is 2.07. The molecule has 2 aromatic rings. The first-order chi connectivity index (χ1) is 11.1. The van der Waals surface area contributed by atoms with E-state index in [-0.39, 0.29) is 6.61 Å². The Labute approximate surface area is 132 Å². The van der Waals surface area contributed by atoms with Gasteiger partial charge in [-0.15, -0.1) is 0 Å². The maximum atomic E-state index is 11.6. The number of methoxy groups -OCH3 is 1. The van der Waals surface area contributed by atoms with Crippen LogP contribution in [0.25, 0.3) is 10.8 Å². The van der Waals surface area contributed by atoms with Crippen LogP contribution in [0, 0.1) is 0 Å². The number of hydrogen-bond acceptors (Lipinski definition) is 5. The molecule has 2 N–H and O–H groups in total. The van der Waals surface area contributed by atoms with Crippen LogP contribution in [0.3, 0.4) is 0 Å². The summed E-state index contributed by atoms with van der Waals surface area (Å²) in [6.45, 7) is -0.267. The number of carbonyl (C=O) groups is 3. The first kappa shape index (κ1) is 16.3. The van der Waals surface area contributed by atoms with Gasteiger partial charge < -0.3 is 9.47 Å². The average molecular weight is 316 g/mol. The summed E-state index contributed by atoms with van der Waals surface area (Å²) in [4.78, 5) is 33.7. The molecule has 0 aliphatic rings. The van der Waals surface area contributed by atoms with Gasteiger partial charge in [-0.1, -0.05) is 30.3 Å². The molecule has 0 heterocycles. The predicted octanol–water partition coefficient (Wildman–Crippen LogP) is 0.929. The molecule has 0 atom stereocenters. The SMILES string of the molecule is COC(=O)CC(=O)NNC(=O)COc1ccc2ccccc2c1. The van der Waals surface area contributed by atoms with Gasteiger partial charge >= 0.3 is 5.97 Å². The predicted molar refractivity (Wildman–Crippen MR) is 82.4 cm³/mol. The molecule has 0 saturated heterocycles. The zero-order chi connectivity index (χ0) is 16.7. The van der Waals surface area contributed by atoms with Crippen LogP contribution in [-0.4, -0.2) is 31.5 Å². The van der Waals surface area contributed by atoms with E-state index in [2.05, 4.69) is 15.6 Å². The molecule has 0 bridgehead atoms. The van der Waals surface area contributed by atoms with Crippen molar-refractivity contribution in [3.63, 3.8) is 0 Å². The summed E-state index contributed by atoms with van der Waals surface area (Å²) in [6.07, 6.45) is -0.470. The normalized spacial score (nSPS) is 9.96. The van der Waals surface area contributed by atoms with E-state index in [9.17, 15) is 14.4 Å². The van der Waals surface area contributed by atoms with Crippen LogP contribution in [0.5, 0.6) is 5.75 Å². The van der Waals surface area contributed by atoms with Crippen molar-refractivity contribution in [2.24, 2.45) is 0 Å². The van der Waals surface area contributed by atoms with Crippen LogP contribution >= 0.6 is 0 Å². The van der Waals surface area contributed by atoms with Crippen molar-refractivity contribution in [3.8, 4) is 5.75 Å². The molecule has 0 aliphatic heterocycles. The Hall–Kier alpha value is -3.09. The molecule has 2 aromatic carbocycles. The first-order valence-corrected chi connectivity index (χ1v) is 6.84. The third-order valence-electron chi connectivity index (χ3n) is 2.96. The maximum Gasteiger partial charge on any atom is 0.315 e. The highest BCUT2D eigenvalue weighted by molar-refractivity contribution is 5.95. The molecule has 0 spiro atoms. The maximum absolute atomic E-state index is 11.6. The monoisotopic (exact) mass is 316 g/mol. The van der Waals surface area contributed by atoms with E-state index >= 15 is 0 Å². The molecule has 0 saturated carbocycles. The number of fused-ring (bicyclic) bond motifs is 1. The minimum atomic E-state index is -0.691. The number of ether oxygens (including phenoxy) is 2. The van der Waals surface area contributed by atoms with E-state index in [0.717, 1.165) is 10.8 Å². The van der Waals surface area contributed by atoms with Gasteiger partial charge in [-0.2, -0.15) is 0 Å². The van der Waals surface area contributed by atoms with Crippen molar-refractivity contribution in [2.75, 3.05) is 13.7 Å². The summed E-state index contributed by atoms with van der Waals surface area (Å²) in [5.74, 6) is -1.36. The zero-order valence-electron chi connectivity index (χ0n) is 12.5. The molecule has 0 radical (unpaired) electrons. The van der Waals surface area contributed by atoms with Crippen molar-refractivity contribution >= 4 is 28.6 Å². The summed E-state index contributed by atoms with van der Waals surface area (Å²) < 4.78 is 9.69. The van der Waals surface area contributed by atoms with Gasteiger partial charge in [-0.05, 0) is 22.9 Å². The van der Waals surface area contributed by atoms with Crippen LogP contribution in [0.4, 0.5) is 0 Å². The van der Waals surface area contributed by atoms with Crippen molar-refractivity contribution < 1.29 is 23.9 Å². The molecule has 120 valence electrons. The molecule has 7 nitrogen and oxygen atoms in total. The number of carbonyl (C=O) groups excluding carboxylic acids is 3. The Morgan fingerprint density at radius 3 is 2.39 bits per heavy atom. The Bertz CT molecular complexity index is 729. The van der Waals surface area contributed by atoms with E-state index in [0.29, 0.717) is 5.75 Å². The minimum Gasteiger partial charge on any atom is -0.484 e. The molecule has 0 aliphatic carbocycles. The van der Waals surface area contributed by atoms with E-state index in [4.69, 9.17) is 4.74 Å². The number of hydrogen-bond donors (Lipinski definition) is 2. The van der Waals surface area contributed by atoms with Gasteiger partial charge in [0, 0.05) is 0 Å². The first-order valence-electron chi connectivity index (χ1n) is 6.84. The van der Waals surface area contributed by atoms with Crippen LogP contribution in [0.2, 0.25) is 0 Å². The highest BCUT2D eigenvalue weighted by atomic mass is 16.5. The molecule has 0 fully saturated rings. The summed E-state index contributed by atoms with van der Waals surface area (Å²) >= 11 is 0. The Kier molecular flexibility index (Phi) is 5.51. The highest BCUT2D eigenvalue weighted by Gasteiger charge is 2.10. The second-order valence-electron chi connectivity index (χ2n) is 4.65. The summed E-state index contributed by atoms with van der Waals surface area (Å²) in [6, 6.07) is 13.2. The lowest BCUT2D eigenvalue weighted by molar-refractivity contribution is -0.144. The molecule has 0 unspecified atom stereocenters. The van der Waals surface area contributed by atoms with E-state index in [1.54, 1.807) is 6.07 Å². The van der Waals surface area contributed by atoms with Crippen molar-refractivity contribution in [3.05, 3.63) is 42.5 Å². The Balaban J connectivity index is 1.79. The summed E-state index contributed by atoms with van der Waals surface area (Å²) in [5.41, 5.74) is 4.24. The third-order valence-corrected chi connectivity index (χ3v) is 2.96. The van der Waals surface area contributed by atoms with E-state index < -0.39 is 24.2 Å². The van der Waals surface area contributed by atoms with Gasteiger partial charge in [-0.25, -0.2) is 0 Å². The third kappa shape index (κ3) is 4.99. The lowest BCUT2D eigenvalue weighted by Gasteiger charge is -2.09. The topological polar surface area (TPSA) is 93.7 Å². The zero-order valence-corrected chi connectivity index (χ0v) is 12.5. The second kappa shape index (κ2) is 7.79. The lowest BCUT2D eigenvalue weighted by Crippen LogP contribution is -2.44. The number of hydrazine groups is 1. The number of rotatable bonds is 5. The molecule has 2 amide bonds. The highest BCUT2D eigenvalue weighted by Crippen LogP contribution is 2.20. The number of benzene rings is 2. The smallest absolute Gasteiger partial charge is 0.315 e. The lowest BCUT2D eigenvalue weighted by atomic mass is 10.1. The van der Waals surface area contributed by atoms with Crippen LogP contribution < -0.4 is 15.6 Å². The van der Waals surface area contributed by atoms with Gasteiger partial charge in [0.05, 0.1) is 7.11 Å². The van der Waals surface area contributed by atoms with Crippen LogP contribution in [-0.2, 0) is 19.1 Å². The van der Waals surface area contributed by atoms with Crippen molar-refractivity contribution in [1.29, 1.82) is 0 Å². The van der Waals surface area contributed by atoms with Gasteiger partial charge in [0.25, 0.3) is 5.91 Å². The van der Waals surface area contributed by atoms with Crippen LogP contribution in [0.15, 0.2) is 42.5 Å². The van der Waals surface area contributed by atoms with Gasteiger partial charge in [0.15, 0.2) is 6.61 Å². The largest absolute Gasteiger partial charge is 0.484 e. The van der Waals surface area contributed by atoms with Crippen molar-refractivity contribution in [1.82, 2.24) is 10.9 Å². The van der Waals surface area contributed by atoms with E-state index in [1.165, 1.54) is 7.11 Å². The quantitative estimate of drug-likeness (QED) is 0.486. The molecule has 7 heteroatoms. The molecule has 0 aromatic heterocycles. The van der Waals surface area contributed by atoms with Gasteiger partial charge in [0.1, 0.15) is 12.2 Å². The fraction of sp³-hybridized carbons (Fsp3) is 0.188. The number of nitrogens with one attached hydrogen (secondary N) is 2. The minimum absolute atomic E-state index is 0.267. The molecule has 2 rings (SSSR count). The fourth-order valence-electron chi connectivity index (χ4n) is 1.83. The molecule has 23 heavy (non-hydrogen) atoms. The van der Waals surface area contributed by atoms with E-state index in [1.807, 2.05) is 36.4 Å². The molecular weight excluding hydrogens is 300 g/mol. The fourth-order valence-corrected chi connectivity index (χ4v) is 1.83. The standard InChI is InChI=1S/C16H16N2O5/c1-22-16(21)9-14(19)17-18-15(20)10-23-13-7-6-11-4-2-3-5-12(11)8-13/h2-8H,9-10H2,1H3,(H,17,19)(H,18,20). The second-order valence-corrected chi connectivity index (χ2v) is 4.65.